The van der Waals surface area contributed by atoms with Crippen LogP contribution < -0.4 is 10.6 Å². The highest BCUT2D eigenvalue weighted by Crippen LogP contribution is 2.57. The molecule has 1 aliphatic heterocycles. The highest BCUT2D eigenvalue weighted by molar-refractivity contribution is 7.91. The Hall–Kier alpha value is -0.820. The summed E-state index contributed by atoms with van der Waals surface area (Å²) in [7, 11) is -2.87. The highest BCUT2D eigenvalue weighted by Gasteiger charge is 2.59. The Balaban J connectivity index is 1.59. The van der Waals surface area contributed by atoms with Crippen LogP contribution in [0.1, 0.15) is 46.0 Å². The van der Waals surface area contributed by atoms with Gasteiger partial charge in [0.1, 0.15) is 0 Å². The van der Waals surface area contributed by atoms with Crippen LogP contribution in [0.25, 0.3) is 0 Å². The topological polar surface area (TPSA) is 79.8 Å². The van der Waals surface area contributed by atoms with Crippen molar-refractivity contribution in [1.82, 2.24) is 10.6 Å². The van der Waals surface area contributed by atoms with Crippen LogP contribution in [-0.2, 0) is 14.6 Å². The third kappa shape index (κ3) is 3.36. The molecular weight excluding hydrogens is 314 g/mol. The minimum atomic E-state index is -2.87. The van der Waals surface area contributed by atoms with E-state index in [1.165, 1.54) is 19.3 Å². The second kappa shape index (κ2) is 6.59. The van der Waals surface area contributed by atoms with Crippen molar-refractivity contribution in [2.45, 2.75) is 64.1 Å². The fourth-order valence-corrected chi connectivity index (χ4v) is 5.87. The first-order valence-corrected chi connectivity index (χ1v) is 10.7. The minimum absolute atomic E-state index is 0.0158. The van der Waals surface area contributed by atoms with Gasteiger partial charge in [-0.25, -0.2) is 8.42 Å². The van der Waals surface area contributed by atoms with Crippen molar-refractivity contribution >= 4 is 15.8 Å². The molecule has 0 aromatic carbocycles. The van der Waals surface area contributed by atoms with Gasteiger partial charge in [-0.2, -0.15) is 0 Å². The van der Waals surface area contributed by atoms with Crippen LogP contribution in [0.5, 0.6) is 0 Å². The Labute approximate surface area is 139 Å². The van der Waals surface area contributed by atoms with E-state index in [2.05, 4.69) is 22.5 Å². The molecule has 23 heavy (non-hydrogen) atoms. The van der Waals surface area contributed by atoms with Gasteiger partial charge in [-0.15, -0.1) is 0 Å². The summed E-state index contributed by atoms with van der Waals surface area (Å²) in [5, 5.41) is 6.88. The minimum Gasteiger partial charge on any atom is -0.378 e. The van der Waals surface area contributed by atoms with Gasteiger partial charge in [0.25, 0.3) is 0 Å². The van der Waals surface area contributed by atoms with Gasteiger partial charge in [0.15, 0.2) is 15.8 Å². The summed E-state index contributed by atoms with van der Waals surface area (Å²) >= 11 is 0. The summed E-state index contributed by atoms with van der Waals surface area (Å²) < 4.78 is 29.1. The van der Waals surface area contributed by atoms with Crippen molar-refractivity contribution in [3.63, 3.8) is 0 Å². The Kier molecular flexibility index (Phi) is 4.88. The van der Waals surface area contributed by atoms with E-state index in [9.17, 15) is 8.42 Å². The molecule has 3 fully saturated rings. The van der Waals surface area contributed by atoms with Crippen LogP contribution in [0.3, 0.4) is 0 Å². The summed E-state index contributed by atoms with van der Waals surface area (Å²) in [4.78, 5) is 4.51. The molecule has 2 aliphatic carbocycles. The Morgan fingerprint density at radius 3 is 2.61 bits per heavy atom. The van der Waals surface area contributed by atoms with Gasteiger partial charge in [-0.05, 0) is 39.5 Å². The van der Waals surface area contributed by atoms with E-state index in [0.29, 0.717) is 25.1 Å². The third-order valence-electron chi connectivity index (χ3n) is 5.64. The highest BCUT2D eigenvalue weighted by atomic mass is 32.2. The predicted octanol–water partition coefficient (Wildman–Crippen LogP) is 1.08. The first-order valence-electron chi connectivity index (χ1n) is 8.88. The zero-order chi connectivity index (χ0) is 16.5. The second-order valence-electron chi connectivity index (χ2n) is 7.03. The molecule has 1 saturated heterocycles. The van der Waals surface area contributed by atoms with Crippen LogP contribution in [0.4, 0.5) is 0 Å². The van der Waals surface area contributed by atoms with Crippen molar-refractivity contribution in [2.24, 2.45) is 10.4 Å². The van der Waals surface area contributed by atoms with Crippen molar-refractivity contribution in [3.8, 4) is 0 Å². The molecule has 3 atom stereocenters. The fraction of sp³-hybridized carbons (Fsp3) is 0.938. The van der Waals surface area contributed by atoms with E-state index >= 15 is 0 Å². The average Bonchev–Trinajstić information content (AvgIpc) is 2.75. The lowest BCUT2D eigenvalue weighted by Crippen LogP contribution is -2.69. The van der Waals surface area contributed by atoms with Crippen molar-refractivity contribution < 1.29 is 13.2 Å². The van der Waals surface area contributed by atoms with Crippen LogP contribution in [0.15, 0.2) is 4.99 Å². The number of ether oxygens (including phenoxy) is 1. The molecule has 2 N–H and O–H groups in total. The molecule has 6 nitrogen and oxygen atoms in total. The molecule has 3 aliphatic rings. The first kappa shape index (κ1) is 17.0. The average molecular weight is 343 g/mol. The van der Waals surface area contributed by atoms with Crippen LogP contribution in [-0.4, -0.2) is 57.2 Å². The number of aliphatic imine (C=N–C) groups is 1. The lowest BCUT2D eigenvalue weighted by Gasteiger charge is -2.61. The van der Waals surface area contributed by atoms with Crippen LogP contribution >= 0.6 is 0 Å². The number of nitrogens with one attached hydrogen (secondary N) is 2. The Morgan fingerprint density at radius 2 is 2.09 bits per heavy atom. The van der Waals surface area contributed by atoms with Gasteiger partial charge >= 0.3 is 0 Å². The molecule has 3 unspecified atom stereocenters. The second-order valence-corrected chi connectivity index (χ2v) is 9.26. The monoisotopic (exact) mass is 343 g/mol. The molecule has 2 saturated carbocycles. The maximum Gasteiger partial charge on any atom is 0.191 e. The number of guanidine groups is 1. The molecule has 132 valence electrons. The number of nitrogens with zero attached hydrogens (tertiary/aromatic N) is 1. The summed E-state index contributed by atoms with van der Waals surface area (Å²) in [6, 6.07) is 0.376. The molecular formula is C16H29N3O3S. The zero-order valence-corrected chi connectivity index (χ0v) is 15.0. The summed E-state index contributed by atoms with van der Waals surface area (Å²) in [6.07, 6.45) is 5.76. The van der Waals surface area contributed by atoms with Crippen molar-refractivity contribution in [3.05, 3.63) is 0 Å². The molecule has 0 aromatic heterocycles. The van der Waals surface area contributed by atoms with Crippen LogP contribution in [0.2, 0.25) is 0 Å². The number of hydrogen-bond donors (Lipinski definition) is 2. The standard InChI is InChI=1S/C16H29N3O3S/c1-3-17-15(18-12-6-9-23(20,21)11-12)19-13-10-14(22-4-2)16(13)7-5-8-16/h12-14H,3-11H2,1-2H3,(H2,17,18,19). The van der Waals surface area contributed by atoms with Crippen LogP contribution in [0, 0.1) is 5.41 Å². The molecule has 0 amide bonds. The predicted molar refractivity (Wildman–Crippen MR) is 91.4 cm³/mol. The molecule has 0 radical (unpaired) electrons. The molecule has 0 aromatic rings. The molecule has 7 heteroatoms. The molecule has 0 bridgehead atoms. The number of rotatable bonds is 5. The molecule has 1 spiro atoms. The van der Waals surface area contributed by atoms with E-state index in [4.69, 9.17) is 4.74 Å². The van der Waals surface area contributed by atoms with E-state index in [1.54, 1.807) is 0 Å². The van der Waals surface area contributed by atoms with E-state index < -0.39 is 9.84 Å². The van der Waals surface area contributed by atoms with Crippen molar-refractivity contribution in [2.75, 3.05) is 24.7 Å². The maximum absolute atomic E-state index is 11.6. The van der Waals surface area contributed by atoms with Crippen molar-refractivity contribution in [1.29, 1.82) is 0 Å². The summed E-state index contributed by atoms with van der Waals surface area (Å²) in [5.74, 6) is 1.26. The van der Waals surface area contributed by atoms with Gasteiger partial charge in [0.05, 0.1) is 17.6 Å². The fourth-order valence-electron chi connectivity index (χ4n) is 4.20. The van der Waals surface area contributed by atoms with E-state index in [-0.39, 0.29) is 23.0 Å². The van der Waals surface area contributed by atoms with Gasteiger partial charge < -0.3 is 15.4 Å². The largest absolute Gasteiger partial charge is 0.378 e. The Bertz CT molecular complexity index is 557. The summed E-state index contributed by atoms with van der Waals surface area (Å²) in [5.41, 5.74) is 0.272. The smallest absolute Gasteiger partial charge is 0.191 e. The third-order valence-corrected chi connectivity index (χ3v) is 7.41. The van der Waals surface area contributed by atoms with Gasteiger partial charge in [-0.3, -0.25) is 4.99 Å². The normalized spacial score (nSPS) is 34.7. The van der Waals surface area contributed by atoms with Gasteiger partial charge in [0, 0.05) is 30.7 Å². The SMILES string of the molecule is CCN=C(NC1CCS(=O)(=O)C1)NC1CC(OCC)C12CCC2. The molecule has 3 rings (SSSR count). The van der Waals surface area contributed by atoms with Gasteiger partial charge in [-0.1, -0.05) is 6.42 Å². The zero-order valence-electron chi connectivity index (χ0n) is 14.2. The molecule has 1 heterocycles. The van der Waals surface area contributed by atoms with E-state index in [0.717, 1.165) is 19.0 Å². The number of hydrogen-bond acceptors (Lipinski definition) is 4. The lowest BCUT2D eigenvalue weighted by molar-refractivity contribution is -0.168. The number of sulfone groups is 1. The first-order chi connectivity index (χ1) is 11.0. The summed E-state index contributed by atoms with van der Waals surface area (Å²) in [6.45, 7) is 5.51. The Morgan fingerprint density at radius 1 is 1.30 bits per heavy atom. The van der Waals surface area contributed by atoms with E-state index in [1.807, 2.05) is 6.92 Å². The maximum atomic E-state index is 11.6. The lowest BCUT2D eigenvalue weighted by atomic mass is 9.51. The quantitative estimate of drug-likeness (QED) is 0.577. The van der Waals surface area contributed by atoms with Gasteiger partial charge in [0.2, 0.25) is 0 Å².